The van der Waals surface area contributed by atoms with Crippen LogP contribution in [0.4, 0.5) is 11.6 Å². The smallest absolute Gasteiger partial charge is 0.270 e. The van der Waals surface area contributed by atoms with E-state index >= 15 is 0 Å². The Kier molecular flexibility index (Phi) is 5.88. The number of amides is 1. The van der Waals surface area contributed by atoms with Gasteiger partial charge in [-0.05, 0) is 36.8 Å². The number of methoxy groups -OCH3 is 1. The van der Waals surface area contributed by atoms with Crippen molar-refractivity contribution in [3.8, 4) is 5.75 Å². The number of hydrogen-bond acceptors (Lipinski definition) is 5. The number of benzene rings is 2. The zero-order valence-corrected chi connectivity index (χ0v) is 15.7. The van der Waals surface area contributed by atoms with E-state index in [9.17, 15) is 4.79 Å². The van der Waals surface area contributed by atoms with Crippen LogP contribution in [0.2, 0.25) is 5.02 Å². The molecule has 0 saturated heterocycles. The van der Waals surface area contributed by atoms with Crippen molar-refractivity contribution in [2.75, 3.05) is 12.4 Å². The molecule has 1 heterocycles. The van der Waals surface area contributed by atoms with Gasteiger partial charge in [0.1, 0.15) is 11.4 Å². The van der Waals surface area contributed by atoms with Gasteiger partial charge >= 0.3 is 0 Å². The van der Waals surface area contributed by atoms with Crippen LogP contribution < -0.4 is 15.4 Å². The van der Waals surface area contributed by atoms with Gasteiger partial charge in [0.25, 0.3) is 5.91 Å². The Balaban J connectivity index is 1.74. The van der Waals surface area contributed by atoms with E-state index in [-0.39, 0.29) is 11.6 Å². The fraction of sp³-hybridized carbons (Fsp3) is 0.150. The number of carbonyl (C=O) groups excluding carboxylic acids is 1. The fourth-order valence-corrected chi connectivity index (χ4v) is 2.68. The number of nitrogens with one attached hydrogen (secondary N) is 2. The summed E-state index contributed by atoms with van der Waals surface area (Å²) in [4.78, 5) is 21.1. The van der Waals surface area contributed by atoms with E-state index in [1.807, 2.05) is 49.4 Å². The van der Waals surface area contributed by atoms with E-state index < -0.39 is 0 Å². The van der Waals surface area contributed by atoms with E-state index in [0.29, 0.717) is 29.0 Å². The molecule has 1 amide bonds. The zero-order valence-electron chi connectivity index (χ0n) is 15.0. The second kappa shape index (κ2) is 8.51. The maximum Gasteiger partial charge on any atom is 0.270 e. The van der Waals surface area contributed by atoms with E-state index in [0.717, 1.165) is 11.3 Å². The maximum atomic E-state index is 12.5. The predicted molar refractivity (Wildman–Crippen MR) is 106 cm³/mol. The first kappa shape index (κ1) is 18.7. The second-order valence-electron chi connectivity index (χ2n) is 5.85. The standard InChI is InChI=1S/C20H19ClN4O2/c1-13-10-18(19(26)22-12-14-6-3-4-9-17(14)21)25-20(23-13)24-15-7-5-8-16(11-15)27-2/h3-11H,12H2,1-2H3,(H,22,26)(H,23,24,25). The SMILES string of the molecule is COc1cccc(Nc2nc(C)cc(C(=O)NCc3ccccc3Cl)n2)c1. The number of rotatable bonds is 6. The van der Waals surface area contributed by atoms with Gasteiger partial charge in [-0.15, -0.1) is 0 Å². The summed E-state index contributed by atoms with van der Waals surface area (Å²) in [6, 6.07) is 16.4. The molecule has 0 aliphatic rings. The van der Waals surface area contributed by atoms with Crippen molar-refractivity contribution in [3.63, 3.8) is 0 Å². The topological polar surface area (TPSA) is 76.1 Å². The summed E-state index contributed by atoms with van der Waals surface area (Å²) < 4.78 is 5.21. The van der Waals surface area contributed by atoms with Crippen molar-refractivity contribution in [1.82, 2.24) is 15.3 Å². The molecule has 27 heavy (non-hydrogen) atoms. The van der Waals surface area contributed by atoms with Gasteiger partial charge in [0.2, 0.25) is 5.95 Å². The maximum absolute atomic E-state index is 12.5. The van der Waals surface area contributed by atoms with Crippen LogP contribution in [-0.2, 0) is 6.54 Å². The zero-order chi connectivity index (χ0) is 19.2. The average Bonchev–Trinajstić information content (AvgIpc) is 2.67. The van der Waals surface area contributed by atoms with E-state index in [1.165, 1.54) is 0 Å². The van der Waals surface area contributed by atoms with Crippen molar-refractivity contribution < 1.29 is 9.53 Å². The largest absolute Gasteiger partial charge is 0.497 e. The lowest BCUT2D eigenvalue weighted by molar-refractivity contribution is 0.0946. The molecule has 0 saturated carbocycles. The molecule has 0 aliphatic heterocycles. The van der Waals surface area contributed by atoms with E-state index in [1.54, 1.807) is 19.2 Å². The number of anilines is 2. The Morgan fingerprint density at radius 3 is 2.70 bits per heavy atom. The molecule has 0 atom stereocenters. The van der Waals surface area contributed by atoms with Crippen LogP contribution in [-0.4, -0.2) is 23.0 Å². The highest BCUT2D eigenvalue weighted by Crippen LogP contribution is 2.20. The summed E-state index contributed by atoms with van der Waals surface area (Å²) >= 11 is 6.12. The Bertz CT molecular complexity index is 962. The van der Waals surface area contributed by atoms with Crippen molar-refractivity contribution >= 4 is 29.1 Å². The van der Waals surface area contributed by atoms with Gasteiger partial charge in [0, 0.05) is 29.0 Å². The van der Waals surface area contributed by atoms with Gasteiger partial charge in [0.15, 0.2) is 0 Å². The molecule has 0 unspecified atom stereocenters. The molecule has 0 aliphatic carbocycles. The van der Waals surface area contributed by atoms with Crippen LogP contribution in [0, 0.1) is 6.92 Å². The summed E-state index contributed by atoms with van der Waals surface area (Å²) in [5.74, 6) is 0.755. The van der Waals surface area contributed by atoms with Crippen LogP contribution >= 0.6 is 11.6 Å². The Morgan fingerprint density at radius 2 is 1.93 bits per heavy atom. The molecule has 2 aromatic carbocycles. The molecule has 2 N–H and O–H groups in total. The Labute approximate surface area is 162 Å². The van der Waals surface area contributed by atoms with Crippen LogP contribution in [0.3, 0.4) is 0 Å². The Hall–Kier alpha value is -3.12. The number of nitrogens with zero attached hydrogens (tertiary/aromatic N) is 2. The molecule has 3 rings (SSSR count). The highest BCUT2D eigenvalue weighted by atomic mass is 35.5. The summed E-state index contributed by atoms with van der Waals surface area (Å²) in [5, 5.41) is 6.53. The number of hydrogen-bond donors (Lipinski definition) is 2. The van der Waals surface area contributed by atoms with Gasteiger partial charge in [-0.25, -0.2) is 9.97 Å². The third-order valence-electron chi connectivity index (χ3n) is 3.81. The molecule has 138 valence electrons. The number of aryl methyl sites for hydroxylation is 1. The first-order valence-corrected chi connectivity index (χ1v) is 8.71. The van der Waals surface area contributed by atoms with Gasteiger partial charge in [-0.2, -0.15) is 0 Å². The summed E-state index contributed by atoms with van der Waals surface area (Å²) in [6.45, 7) is 2.13. The molecule has 0 spiro atoms. The van der Waals surface area contributed by atoms with Gasteiger partial charge in [-0.1, -0.05) is 35.9 Å². The monoisotopic (exact) mass is 382 g/mol. The number of ether oxygens (including phenoxy) is 1. The predicted octanol–water partition coefficient (Wildman–Crippen LogP) is 4.12. The lowest BCUT2D eigenvalue weighted by atomic mass is 10.2. The molecule has 0 bridgehead atoms. The van der Waals surface area contributed by atoms with Crippen LogP contribution in [0.15, 0.2) is 54.6 Å². The lowest BCUT2D eigenvalue weighted by Crippen LogP contribution is -2.24. The molecule has 0 fully saturated rings. The minimum absolute atomic E-state index is 0.278. The number of halogens is 1. The first-order valence-electron chi connectivity index (χ1n) is 8.33. The van der Waals surface area contributed by atoms with Gasteiger partial charge < -0.3 is 15.4 Å². The second-order valence-corrected chi connectivity index (χ2v) is 6.26. The summed E-state index contributed by atoms with van der Waals surface area (Å²) in [7, 11) is 1.60. The first-order chi connectivity index (χ1) is 13.0. The van der Waals surface area contributed by atoms with Crippen molar-refractivity contribution in [1.29, 1.82) is 0 Å². The molecule has 7 heteroatoms. The molecule has 1 aromatic heterocycles. The Morgan fingerprint density at radius 1 is 1.11 bits per heavy atom. The van der Waals surface area contributed by atoms with Crippen molar-refractivity contribution in [2.45, 2.75) is 13.5 Å². The minimum Gasteiger partial charge on any atom is -0.497 e. The molecule has 6 nitrogen and oxygen atoms in total. The fourth-order valence-electron chi connectivity index (χ4n) is 2.48. The summed E-state index contributed by atoms with van der Waals surface area (Å²) in [6.07, 6.45) is 0. The van der Waals surface area contributed by atoms with Crippen LogP contribution in [0.25, 0.3) is 0 Å². The quantitative estimate of drug-likeness (QED) is 0.670. The number of carbonyl (C=O) groups is 1. The van der Waals surface area contributed by atoms with Crippen LogP contribution in [0.5, 0.6) is 5.75 Å². The van der Waals surface area contributed by atoms with E-state index in [2.05, 4.69) is 20.6 Å². The third kappa shape index (κ3) is 4.95. The van der Waals surface area contributed by atoms with Gasteiger partial charge in [-0.3, -0.25) is 4.79 Å². The molecular formula is C20H19ClN4O2. The van der Waals surface area contributed by atoms with Crippen molar-refractivity contribution in [2.24, 2.45) is 0 Å². The van der Waals surface area contributed by atoms with Crippen LogP contribution in [0.1, 0.15) is 21.7 Å². The van der Waals surface area contributed by atoms with Gasteiger partial charge in [0.05, 0.1) is 7.11 Å². The number of aromatic nitrogens is 2. The normalized spacial score (nSPS) is 10.3. The summed E-state index contributed by atoms with van der Waals surface area (Å²) in [5.41, 5.74) is 2.56. The third-order valence-corrected chi connectivity index (χ3v) is 4.18. The molecule has 0 radical (unpaired) electrons. The highest BCUT2D eigenvalue weighted by molar-refractivity contribution is 6.31. The minimum atomic E-state index is -0.297. The lowest BCUT2D eigenvalue weighted by Gasteiger charge is -2.10. The highest BCUT2D eigenvalue weighted by Gasteiger charge is 2.11. The molecule has 3 aromatic rings. The molecular weight excluding hydrogens is 364 g/mol. The van der Waals surface area contributed by atoms with E-state index in [4.69, 9.17) is 16.3 Å². The average molecular weight is 383 g/mol. The van der Waals surface area contributed by atoms with Crippen molar-refractivity contribution in [3.05, 3.63) is 76.6 Å².